The lowest BCUT2D eigenvalue weighted by molar-refractivity contribution is -0.199. The van der Waals surface area contributed by atoms with E-state index in [2.05, 4.69) is 6.92 Å². The van der Waals surface area contributed by atoms with Crippen LogP contribution in [0.25, 0.3) is 0 Å². The molecule has 0 aromatic rings. The predicted octanol–water partition coefficient (Wildman–Crippen LogP) is 2.58. The largest absolute Gasteiger partial charge is 0.459 e. The van der Waals surface area contributed by atoms with Gasteiger partial charge in [0, 0.05) is 25.3 Å². The highest BCUT2D eigenvalue weighted by atomic mass is 16.6. The van der Waals surface area contributed by atoms with E-state index in [1.54, 1.807) is 26.8 Å². The number of hydrogen-bond acceptors (Lipinski definition) is 11. The van der Waals surface area contributed by atoms with Crippen LogP contribution in [0.5, 0.6) is 0 Å². The smallest absolute Gasteiger partial charge is 0.341 e. The molecule has 3 rings (SSSR count). The van der Waals surface area contributed by atoms with Gasteiger partial charge in [0.2, 0.25) is 0 Å². The topological polar surface area (TPSA) is 166 Å². The summed E-state index contributed by atoms with van der Waals surface area (Å²) in [5, 5.41) is 34.1. The number of hydrogen-bond donors (Lipinski definition) is 3. The second-order valence-corrected chi connectivity index (χ2v) is 11.8. The predicted molar refractivity (Wildman–Crippen MR) is 145 cm³/mol. The molecule has 0 aromatic carbocycles. The molecule has 41 heavy (non-hydrogen) atoms. The number of esters is 4. The van der Waals surface area contributed by atoms with Gasteiger partial charge >= 0.3 is 23.9 Å². The van der Waals surface area contributed by atoms with Crippen molar-refractivity contribution in [1.82, 2.24) is 0 Å². The Labute approximate surface area is 240 Å². The summed E-state index contributed by atoms with van der Waals surface area (Å²) in [5.41, 5.74) is -5.99. The molecule has 0 aromatic heterocycles. The Morgan fingerprint density at radius 1 is 1.07 bits per heavy atom. The van der Waals surface area contributed by atoms with E-state index in [9.17, 15) is 34.5 Å². The van der Waals surface area contributed by atoms with Gasteiger partial charge in [-0.3, -0.25) is 9.59 Å². The molecule has 11 heteroatoms. The highest BCUT2D eigenvalue weighted by Crippen LogP contribution is 2.56. The quantitative estimate of drug-likeness (QED) is 0.114. The minimum Gasteiger partial charge on any atom is -0.459 e. The first-order valence-electron chi connectivity index (χ1n) is 14.3. The molecule has 3 aliphatic rings. The van der Waals surface area contributed by atoms with E-state index in [1.165, 1.54) is 13.8 Å². The SMILES string of the molecule is C/C=C(/C)C(=O)O[C@@H]1C(C)=C2[C@@H]3OC(=O)[C@@](C)(O)[C@@]3(O)[C@H](O)C[C@@](C)(OC(C)=O)[C@@H]2[C@H]1OC(=O)CCCCCCC. The first-order valence-corrected chi connectivity index (χ1v) is 14.3. The number of fused-ring (bicyclic) bond motifs is 3. The minimum absolute atomic E-state index is 0.0971. The van der Waals surface area contributed by atoms with Crippen LogP contribution < -0.4 is 0 Å². The van der Waals surface area contributed by atoms with Crippen molar-refractivity contribution in [3.8, 4) is 0 Å². The Morgan fingerprint density at radius 3 is 2.29 bits per heavy atom. The van der Waals surface area contributed by atoms with Crippen LogP contribution in [0.3, 0.4) is 0 Å². The van der Waals surface area contributed by atoms with Crippen molar-refractivity contribution in [2.24, 2.45) is 5.92 Å². The fourth-order valence-corrected chi connectivity index (χ4v) is 6.38. The summed E-state index contributed by atoms with van der Waals surface area (Å²) in [6.45, 7) is 10.6. The lowest BCUT2D eigenvalue weighted by Gasteiger charge is -2.40. The van der Waals surface area contributed by atoms with Crippen molar-refractivity contribution >= 4 is 23.9 Å². The van der Waals surface area contributed by atoms with Crippen molar-refractivity contribution < 1.29 is 53.4 Å². The maximum Gasteiger partial charge on any atom is 0.341 e. The van der Waals surface area contributed by atoms with E-state index < -0.39 is 77.4 Å². The molecule has 1 saturated heterocycles. The van der Waals surface area contributed by atoms with Gasteiger partial charge in [-0.15, -0.1) is 0 Å². The highest BCUT2D eigenvalue weighted by Gasteiger charge is 2.74. The summed E-state index contributed by atoms with van der Waals surface area (Å²) >= 11 is 0. The maximum atomic E-state index is 13.1. The second-order valence-electron chi connectivity index (χ2n) is 11.8. The third-order valence-electron chi connectivity index (χ3n) is 8.81. The van der Waals surface area contributed by atoms with Crippen LogP contribution in [0.4, 0.5) is 0 Å². The molecule has 0 radical (unpaired) electrons. The molecule has 0 unspecified atom stereocenters. The molecular formula is C30H44O11. The fourth-order valence-electron chi connectivity index (χ4n) is 6.38. The van der Waals surface area contributed by atoms with Gasteiger partial charge in [0.05, 0.1) is 12.0 Å². The molecule has 3 N–H and O–H groups in total. The van der Waals surface area contributed by atoms with Gasteiger partial charge in [0.25, 0.3) is 0 Å². The molecule has 0 bridgehead atoms. The van der Waals surface area contributed by atoms with Crippen molar-refractivity contribution in [3.05, 3.63) is 22.8 Å². The molecule has 1 heterocycles. The molecule has 0 spiro atoms. The number of unbranched alkanes of at least 4 members (excludes halogenated alkanes) is 4. The van der Waals surface area contributed by atoms with Crippen LogP contribution in [0.15, 0.2) is 22.8 Å². The molecule has 2 fully saturated rings. The summed E-state index contributed by atoms with van der Waals surface area (Å²) in [7, 11) is 0. The molecule has 0 amide bonds. The van der Waals surface area contributed by atoms with Crippen LogP contribution in [-0.2, 0) is 38.1 Å². The zero-order valence-electron chi connectivity index (χ0n) is 25.0. The number of rotatable bonds is 10. The number of ether oxygens (including phenoxy) is 4. The van der Waals surface area contributed by atoms with Gasteiger partial charge in [0.15, 0.2) is 29.5 Å². The normalized spacial score (nSPS) is 36.7. The summed E-state index contributed by atoms with van der Waals surface area (Å²) in [5.74, 6) is -4.23. The van der Waals surface area contributed by atoms with Gasteiger partial charge in [0.1, 0.15) is 5.60 Å². The Morgan fingerprint density at radius 2 is 1.71 bits per heavy atom. The minimum atomic E-state index is -2.55. The molecule has 2 aliphatic carbocycles. The van der Waals surface area contributed by atoms with Crippen molar-refractivity contribution in [2.75, 3.05) is 0 Å². The van der Waals surface area contributed by atoms with Crippen LogP contribution in [0.2, 0.25) is 0 Å². The first kappa shape index (κ1) is 32.8. The van der Waals surface area contributed by atoms with Gasteiger partial charge in [-0.1, -0.05) is 38.7 Å². The van der Waals surface area contributed by atoms with E-state index in [0.717, 1.165) is 32.6 Å². The van der Waals surface area contributed by atoms with Crippen molar-refractivity contribution in [2.45, 2.75) is 135 Å². The number of aliphatic hydroxyl groups is 3. The summed E-state index contributed by atoms with van der Waals surface area (Å²) in [6.07, 6.45) is -0.166. The fraction of sp³-hybridized carbons (Fsp3) is 0.733. The zero-order chi connectivity index (χ0) is 30.9. The summed E-state index contributed by atoms with van der Waals surface area (Å²) in [6, 6.07) is 0. The second kappa shape index (κ2) is 12.2. The number of carbonyl (C=O) groups is 4. The van der Waals surface area contributed by atoms with Crippen molar-refractivity contribution in [1.29, 1.82) is 0 Å². The highest BCUT2D eigenvalue weighted by molar-refractivity contribution is 5.88. The molecule has 1 saturated carbocycles. The third kappa shape index (κ3) is 5.81. The number of allylic oxidation sites excluding steroid dienone is 1. The Bertz CT molecular complexity index is 1120. The maximum absolute atomic E-state index is 13.1. The monoisotopic (exact) mass is 580 g/mol. The summed E-state index contributed by atoms with van der Waals surface area (Å²) in [4.78, 5) is 51.2. The lowest BCUT2D eigenvalue weighted by atomic mass is 9.75. The van der Waals surface area contributed by atoms with Crippen LogP contribution >= 0.6 is 0 Å². The van der Waals surface area contributed by atoms with Crippen LogP contribution in [0.1, 0.15) is 93.4 Å². The average molecular weight is 581 g/mol. The Hall–Kier alpha value is -2.76. The first-order chi connectivity index (χ1) is 19.1. The molecule has 230 valence electrons. The molecule has 11 nitrogen and oxygen atoms in total. The number of carbonyl (C=O) groups excluding carboxylic acids is 4. The third-order valence-corrected chi connectivity index (χ3v) is 8.81. The van der Waals surface area contributed by atoms with Crippen molar-refractivity contribution in [3.63, 3.8) is 0 Å². The van der Waals surface area contributed by atoms with E-state index in [4.69, 9.17) is 18.9 Å². The lowest BCUT2D eigenvalue weighted by Crippen LogP contribution is -2.63. The Kier molecular flexibility index (Phi) is 9.77. The molecule has 8 atom stereocenters. The van der Waals surface area contributed by atoms with E-state index in [0.29, 0.717) is 12.0 Å². The van der Waals surface area contributed by atoms with Gasteiger partial charge in [-0.05, 0) is 52.2 Å². The van der Waals surface area contributed by atoms with E-state index >= 15 is 0 Å². The van der Waals surface area contributed by atoms with Crippen LogP contribution in [-0.4, -0.2) is 80.4 Å². The number of aliphatic hydroxyl groups excluding tert-OH is 1. The van der Waals surface area contributed by atoms with E-state index in [1.807, 2.05) is 0 Å². The van der Waals surface area contributed by atoms with Crippen LogP contribution in [0, 0.1) is 5.92 Å². The average Bonchev–Trinajstić information content (AvgIpc) is 3.22. The molecule has 1 aliphatic heterocycles. The van der Waals surface area contributed by atoms with E-state index in [-0.39, 0.29) is 17.6 Å². The standard InChI is InChI=1S/C30H44O11/c1-8-10-11-12-13-14-20(33)38-24-22-21(17(4)23(24)39-26(34)16(3)9-2)25-30(37,29(7,36)27(35)40-25)19(32)15-28(22,6)41-18(5)31/h9,19,22-25,32,36-37H,8,10-15H2,1-7H3/b16-9-/t19-,22+,23-,24-,25+,28-,29-,30-/m1/s1. The van der Waals surface area contributed by atoms with Gasteiger partial charge < -0.3 is 34.3 Å². The van der Waals surface area contributed by atoms with Gasteiger partial charge in [-0.25, -0.2) is 9.59 Å². The zero-order valence-corrected chi connectivity index (χ0v) is 25.0. The Balaban J connectivity index is 2.15. The summed E-state index contributed by atoms with van der Waals surface area (Å²) < 4.78 is 23.1. The molecular weight excluding hydrogens is 536 g/mol. The van der Waals surface area contributed by atoms with Gasteiger partial charge in [-0.2, -0.15) is 0 Å².